The van der Waals surface area contributed by atoms with Gasteiger partial charge in [-0.25, -0.2) is 0 Å². The highest BCUT2D eigenvalue weighted by molar-refractivity contribution is 5.71. The Morgan fingerprint density at radius 3 is 0.870 bits per heavy atom. The fraction of sp³-hybridized carbons (Fsp3) is 0.698. The minimum Gasteiger partial charge on any atom is -0.462 e. The van der Waals surface area contributed by atoms with Crippen molar-refractivity contribution in [2.24, 2.45) is 0 Å². The van der Waals surface area contributed by atoms with Gasteiger partial charge in [0.15, 0.2) is 6.10 Å². The molecule has 0 bridgehead atoms. The first-order valence-corrected chi connectivity index (χ1v) is 28.7. The number of esters is 3. The zero-order valence-electron chi connectivity index (χ0n) is 45.0. The molecular weight excluding hydrogens is 853 g/mol. The lowest BCUT2D eigenvalue weighted by molar-refractivity contribution is -0.167. The second-order valence-corrected chi connectivity index (χ2v) is 18.8. The summed E-state index contributed by atoms with van der Waals surface area (Å²) in [5.74, 6) is -1.03. The van der Waals surface area contributed by atoms with E-state index in [-0.39, 0.29) is 44.0 Å². The quantitative estimate of drug-likeness (QED) is 0.0262. The SMILES string of the molecule is CCCCC/C=C\C/C=C\C/C=C\C/C=C\CCCC(=O)OC[C@H](COC(=O)CCCCCCCCCCCCCCCCCCC)OC(=O)CCC/C=C\C/C=C\C/C=C\C/C=C\CCCCC. The molecule has 1 atom stereocenters. The van der Waals surface area contributed by atoms with Gasteiger partial charge in [0.2, 0.25) is 0 Å². The maximum absolute atomic E-state index is 12.8. The summed E-state index contributed by atoms with van der Waals surface area (Å²) in [7, 11) is 0. The van der Waals surface area contributed by atoms with Crippen molar-refractivity contribution >= 4 is 17.9 Å². The number of carbonyl (C=O) groups is 3. The Bertz CT molecular complexity index is 1380. The predicted molar refractivity (Wildman–Crippen MR) is 297 cm³/mol. The molecule has 0 aliphatic rings. The van der Waals surface area contributed by atoms with Crippen LogP contribution in [0.15, 0.2) is 97.2 Å². The predicted octanol–water partition coefficient (Wildman–Crippen LogP) is 19.3. The minimum absolute atomic E-state index is 0.115. The Balaban J connectivity index is 4.54. The molecule has 0 unspecified atom stereocenters. The summed E-state index contributed by atoms with van der Waals surface area (Å²) >= 11 is 0. The molecule has 0 aromatic carbocycles. The number of hydrogen-bond acceptors (Lipinski definition) is 6. The zero-order chi connectivity index (χ0) is 50.0. The standard InChI is InChI=1S/C63H106O6/c1-4-7-10-13-16-19-22-25-28-31-34-37-40-43-46-49-52-55-61(64)67-58-60(69-63(66)57-54-51-48-45-42-39-36-33-30-27-24-21-18-15-12-9-6-3)59-68-62(65)56-53-50-47-44-41-38-35-32-29-26-23-20-17-14-11-8-5-2/h16,18-19,21,25,27-28,30,34,36-37,39,43,45-46,48,60H,4-15,17,20,22-24,26,29,31-33,35,38,40-42,44,47,49-59H2,1-3H3/b19-16-,21-18-,28-25-,30-27-,37-34-,39-36-,46-43-,48-45-/t60-/m1/s1. The summed E-state index contributed by atoms with van der Waals surface area (Å²) < 4.78 is 16.8. The third kappa shape index (κ3) is 55.1. The highest BCUT2D eigenvalue weighted by Gasteiger charge is 2.19. The Kier molecular flexibility index (Phi) is 53.9. The third-order valence-electron chi connectivity index (χ3n) is 12.1. The summed E-state index contributed by atoms with van der Waals surface area (Å²) in [6.07, 6.45) is 75.5. The topological polar surface area (TPSA) is 78.9 Å². The van der Waals surface area contributed by atoms with Crippen LogP contribution in [0.3, 0.4) is 0 Å². The van der Waals surface area contributed by atoms with Gasteiger partial charge < -0.3 is 14.2 Å². The lowest BCUT2D eigenvalue weighted by Gasteiger charge is -2.18. The summed E-state index contributed by atoms with van der Waals surface area (Å²) in [5.41, 5.74) is 0. The maximum Gasteiger partial charge on any atom is 0.306 e. The van der Waals surface area contributed by atoms with Crippen LogP contribution in [0.5, 0.6) is 0 Å². The van der Waals surface area contributed by atoms with Crippen molar-refractivity contribution in [1.29, 1.82) is 0 Å². The first kappa shape index (κ1) is 65.3. The van der Waals surface area contributed by atoms with Crippen LogP contribution in [0.25, 0.3) is 0 Å². The summed E-state index contributed by atoms with van der Waals surface area (Å²) in [5, 5.41) is 0. The molecule has 0 saturated carbocycles. The van der Waals surface area contributed by atoms with E-state index < -0.39 is 6.10 Å². The van der Waals surface area contributed by atoms with E-state index >= 15 is 0 Å². The number of hydrogen-bond donors (Lipinski definition) is 0. The smallest absolute Gasteiger partial charge is 0.306 e. The number of ether oxygens (including phenoxy) is 3. The molecule has 69 heavy (non-hydrogen) atoms. The average molecular weight is 960 g/mol. The fourth-order valence-corrected chi connectivity index (χ4v) is 7.72. The Labute approximate surface area is 426 Å². The molecule has 0 fully saturated rings. The van der Waals surface area contributed by atoms with E-state index in [9.17, 15) is 14.4 Å². The zero-order valence-corrected chi connectivity index (χ0v) is 45.0. The minimum atomic E-state index is -0.828. The van der Waals surface area contributed by atoms with Gasteiger partial charge >= 0.3 is 17.9 Å². The Morgan fingerprint density at radius 1 is 0.290 bits per heavy atom. The normalized spacial score (nSPS) is 12.8. The Morgan fingerprint density at radius 2 is 0.536 bits per heavy atom. The van der Waals surface area contributed by atoms with Crippen molar-refractivity contribution in [3.05, 3.63) is 97.2 Å². The monoisotopic (exact) mass is 959 g/mol. The van der Waals surface area contributed by atoms with Crippen molar-refractivity contribution in [2.45, 2.75) is 271 Å². The molecule has 0 saturated heterocycles. The van der Waals surface area contributed by atoms with Crippen LogP contribution in [0.1, 0.15) is 265 Å². The Hall–Kier alpha value is -3.67. The van der Waals surface area contributed by atoms with Crippen molar-refractivity contribution in [2.75, 3.05) is 13.2 Å². The van der Waals surface area contributed by atoms with Gasteiger partial charge in [0.05, 0.1) is 0 Å². The molecule has 394 valence electrons. The van der Waals surface area contributed by atoms with Gasteiger partial charge in [0.1, 0.15) is 13.2 Å². The van der Waals surface area contributed by atoms with Crippen LogP contribution < -0.4 is 0 Å². The molecule has 0 aromatic heterocycles. The third-order valence-corrected chi connectivity index (χ3v) is 12.1. The van der Waals surface area contributed by atoms with Crippen molar-refractivity contribution < 1.29 is 28.6 Å². The van der Waals surface area contributed by atoms with Gasteiger partial charge in [-0.05, 0) is 96.3 Å². The summed E-state index contributed by atoms with van der Waals surface area (Å²) in [6.45, 7) is 6.50. The lowest BCUT2D eigenvalue weighted by Crippen LogP contribution is -2.30. The van der Waals surface area contributed by atoms with Crippen LogP contribution in [-0.4, -0.2) is 37.2 Å². The van der Waals surface area contributed by atoms with Crippen LogP contribution >= 0.6 is 0 Å². The molecule has 0 aliphatic heterocycles. The average Bonchev–Trinajstić information content (AvgIpc) is 3.35. The number of carbonyl (C=O) groups excluding carboxylic acids is 3. The van der Waals surface area contributed by atoms with E-state index in [2.05, 4.69) is 118 Å². The second-order valence-electron chi connectivity index (χ2n) is 18.8. The van der Waals surface area contributed by atoms with Crippen LogP contribution in [-0.2, 0) is 28.6 Å². The number of allylic oxidation sites excluding steroid dienone is 16. The molecule has 0 radical (unpaired) electrons. The van der Waals surface area contributed by atoms with E-state index in [1.807, 2.05) is 0 Å². The fourth-order valence-electron chi connectivity index (χ4n) is 7.72. The van der Waals surface area contributed by atoms with E-state index in [0.717, 1.165) is 70.6 Å². The maximum atomic E-state index is 12.8. The van der Waals surface area contributed by atoms with Gasteiger partial charge in [-0.3, -0.25) is 14.4 Å². The summed E-state index contributed by atoms with van der Waals surface area (Å²) in [4.78, 5) is 38.1. The number of rotatable bonds is 51. The van der Waals surface area contributed by atoms with Crippen molar-refractivity contribution in [3.63, 3.8) is 0 Å². The van der Waals surface area contributed by atoms with Gasteiger partial charge in [-0.2, -0.15) is 0 Å². The van der Waals surface area contributed by atoms with Crippen molar-refractivity contribution in [3.8, 4) is 0 Å². The lowest BCUT2D eigenvalue weighted by atomic mass is 10.0. The molecule has 0 N–H and O–H groups in total. The number of unbranched alkanes of at least 4 members (excludes halogenated alkanes) is 24. The first-order valence-electron chi connectivity index (χ1n) is 28.7. The molecule has 0 heterocycles. The molecule has 6 nitrogen and oxygen atoms in total. The van der Waals surface area contributed by atoms with Crippen LogP contribution in [0.2, 0.25) is 0 Å². The molecule has 6 heteroatoms. The van der Waals surface area contributed by atoms with Gasteiger partial charge in [-0.15, -0.1) is 0 Å². The van der Waals surface area contributed by atoms with E-state index in [4.69, 9.17) is 14.2 Å². The second kappa shape index (κ2) is 56.9. The first-order chi connectivity index (χ1) is 34.0. The van der Waals surface area contributed by atoms with Crippen LogP contribution in [0, 0.1) is 0 Å². The van der Waals surface area contributed by atoms with Crippen LogP contribution in [0.4, 0.5) is 0 Å². The van der Waals surface area contributed by atoms with E-state index in [1.165, 1.54) is 141 Å². The van der Waals surface area contributed by atoms with E-state index in [1.54, 1.807) is 0 Å². The molecule has 0 aromatic rings. The largest absolute Gasteiger partial charge is 0.462 e. The van der Waals surface area contributed by atoms with E-state index in [0.29, 0.717) is 19.3 Å². The molecule has 0 amide bonds. The van der Waals surface area contributed by atoms with Gasteiger partial charge in [0, 0.05) is 19.3 Å². The highest BCUT2D eigenvalue weighted by Crippen LogP contribution is 2.15. The molecule has 0 spiro atoms. The highest BCUT2D eigenvalue weighted by atomic mass is 16.6. The van der Waals surface area contributed by atoms with Crippen molar-refractivity contribution in [1.82, 2.24) is 0 Å². The van der Waals surface area contributed by atoms with Gasteiger partial charge in [0.25, 0.3) is 0 Å². The molecule has 0 aliphatic carbocycles. The summed E-state index contributed by atoms with van der Waals surface area (Å²) in [6, 6.07) is 0. The molecule has 0 rings (SSSR count). The molecular formula is C63H106O6. The van der Waals surface area contributed by atoms with Gasteiger partial charge in [-0.1, -0.05) is 246 Å².